The Morgan fingerprint density at radius 3 is 2.15 bits per heavy atom. The number of hydrogen-bond donors (Lipinski definition) is 0. The minimum Gasteiger partial charge on any atom is -0.339 e. The van der Waals surface area contributed by atoms with E-state index in [1.807, 2.05) is 6.92 Å². The maximum absolute atomic E-state index is 13.2. The molecule has 0 bridgehead atoms. The summed E-state index contributed by atoms with van der Waals surface area (Å²) in [6.45, 7) is 3.73. The molecule has 2 aliphatic rings. The maximum atomic E-state index is 13.2. The summed E-state index contributed by atoms with van der Waals surface area (Å²) in [5.74, 6) is -0.615. The van der Waals surface area contributed by atoms with Crippen molar-refractivity contribution in [3.8, 4) is 0 Å². The molecule has 0 aromatic heterocycles. The van der Waals surface area contributed by atoms with Crippen LogP contribution in [0.15, 0.2) is 53.4 Å². The van der Waals surface area contributed by atoms with Gasteiger partial charge >= 0.3 is 0 Å². The standard InChI is InChI=1S/C24H28FN3O4S/c1-18-4-10-21(11-5-18)33(31,32)28-12-2-3-22(28)24(30)27-15-13-26(14-16-27)23(29)17-19-6-8-20(25)9-7-19/h4-11,22H,2-3,12-17H2,1H3/t22-/m0/s1. The van der Waals surface area contributed by atoms with E-state index in [0.29, 0.717) is 45.6 Å². The lowest BCUT2D eigenvalue weighted by Crippen LogP contribution is -2.55. The Hall–Kier alpha value is -2.78. The first-order valence-electron chi connectivity index (χ1n) is 11.2. The van der Waals surface area contributed by atoms with E-state index in [-0.39, 0.29) is 28.9 Å². The molecule has 0 N–H and O–H groups in total. The first-order valence-corrected chi connectivity index (χ1v) is 12.6. The molecule has 7 nitrogen and oxygen atoms in total. The van der Waals surface area contributed by atoms with Gasteiger partial charge in [0.2, 0.25) is 21.8 Å². The molecule has 0 saturated carbocycles. The molecule has 2 amide bonds. The van der Waals surface area contributed by atoms with Crippen LogP contribution in [0.25, 0.3) is 0 Å². The Bertz CT molecular complexity index is 1110. The van der Waals surface area contributed by atoms with Gasteiger partial charge in [-0.15, -0.1) is 0 Å². The van der Waals surface area contributed by atoms with Crippen molar-refractivity contribution < 1.29 is 22.4 Å². The summed E-state index contributed by atoms with van der Waals surface area (Å²) in [5.41, 5.74) is 1.71. The number of nitrogens with zero attached hydrogens (tertiary/aromatic N) is 3. The van der Waals surface area contributed by atoms with Crippen LogP contribution >= 0.6 is 0 Å². The molecule has 33 heavy (non-hydrogen) atoms. The SMILES string of the molecule is Cc1ccc(S(=O)(=O)N2CCC[C@H]2C(=O)N2CCN(C(=O)Cc3ccc(F)cc3)CC2)cc1. The first kappa shape index (κ1) is 23.4. The molecule has 0 spiro atoms. The van der Waals surface area contributed by atoms with E-state index in [4.69, 9.17) is 0 Å². The van der Waals surface area contributed by atoms with Gasteiger partial charge in [-0.3, -0.25) is 9.59 Å². The monoisotopic (exact) mass is 473 g/mol. The molecule has 2 aromatic rings. The Kier molecular flexibility index (Phi) is 6.81. The van der Waals surface area contributed by atoms with Crippen molar-refractivity contribution in [2.45, 2.75) is 37.1 Å². The Balaban J connectivity index is 1.37. The molecule has 9 heteroatoms. The second-order valence-corrected chi connectivity index (χ2v) is 10.5. The number of sulfonamides is 1. The number of benzene rings is 2. The lowest BCUT2D eigenvalue weighted by Gasteiger charge is -2.37. The predicted octanol–water partition coefficient (Wildman–Crippen LogP) is 2.20. The summed E-state index contributed by atoms with van der Waals surface area (Å²) in [5, 5.41) is 0. The van der Waals surface area contributed by atoms with Crippen LogP contribution in [-0.4, -0.2) is 73.1 Å². The van der Waals surface area contributed by atoms with Crippen molar-refractivity contribution in [1.82, 2.24) is 14.1 Å². The smallest absolute Gasteiger partial charge is 0.243 e. The first-order chi connectivity index (χ1) is 15.8. The number of amides is 2. The Labute approximate surface area is 193 Å². The van der Waals surface area contributed by atoms with E-state index in [9.17, 15) is 22.4 Å². The highest BCUT2D eigenvalue weighted by Gasteiger charge is 2.41. The van der Waals surface area contributed by atoms with Gasteiger partial charge in [-0.05, 0) is 49.6 Å². The van der Waals surface area contributed by atoms with Crippen LogP contribution in [0.3, 0.4) is 0 Å². The van der Waals surface area contributed by atoms with Crippen molar-refractivity contribution >= 4 is 21.8 Å². The second kappa shape index (κ2) is 9.61. The Morgan fingerprint density at radius 1 is 0.909 bits per heavy atom. The third-order valence-electron chi connectivity index (χ3n) is 6.33. The van der Waals surface area contributed by atoms with Crippen molar-refractivity contribution in [2.75, 3.05) is 32.7 Å². The van der Waals surface area contributed by atoms with Gasteiger partial charge in [-0.1, -0.05) is 29.8 Å². The zero-order valence-corrected chi connectivity index (χ0v) is 19.4. The quantitative estimate of drug-likeness (QED) is 0.667. The van der Waals surface area contributed by atoms with Crippen LogP contribution in [-0.2, 0) is 26.0 Å². The number of aryl methyl sites for hydroxylation is 1. The van der Waals surface area contributed by atoms with Crippen LogP contribution in [0, 0.1) is 12.7 Å². The second-order valence-electron chi connectivity index (χ2n) is 8.60. The fraction of sp³-hybridized carbons (Fsp3) is 0.417. The molecule has 4 rings (SSSR count). The fourth-order valence-electron chi connectivity index (χ4n) is 4.40. The highest BCUT2D eigenvalue weighted by atomic mass is 32.2. The summed E-state index contributed by atoms with van der Waals surface area (Å²) < 4.78 is 40.7. The average molecular weight is 474 g/mol. The van der Waals surface area contributed by atoms with Gasteiger partial charge in [-0.2, -0.15) is 4.31 Å². The molecule has 0 aliphatic carbocycles. The summed E-state index contributed by atoms with van der Waals surface area (Å²) in [6.07, 6.45) is 1.31. The van der Waals surface area contributed by atoms with Crippen molar-refractivity contribution in [3.05, 3.63) is 65.5 Å². The maximum Gasteiger partial charge on any atom is 0.243 e. The van der Waals surface area contributed by atoms with Crippen molar-refractivity contribution in [2.24, 2.45) is 0 Å². The molecule has 176 valence electrons. The Morgan fingerprint density at radius 2 is 1.52 bits per heavy atom. The van der Waals surface area contributed by atoms with Crippen LogP contribution < -0.4 is 0 Å². The largest absolute Gasteiger partial charge is 0.339 e. The van der Waals surface area contributed by atoms with E-state index in [2.05, 4.69) is 0 Å². The normalized spacial score (nSPS) is 19.6. The molecule has 2 fully saturated rings. The van der Waals surface area contributed by atoms with E-state index >= 15 is 0 Å². The predicted molar refractivity (Wildman–Crippen MR) is 121 cm³/mol. The van der Waals surface area contributed by atoms with Crippen LogP contribution in [0.2, 0.25) is 0 Å². The summed E-state index contributed by atoms with van der Waals surface area (Å²) in [6, 6.07) is 11.8. The van der Waals surface area contributed by atoms with E-state index in [0.717, 1.165) is 11.1 Å². The van der Waals surface area contributed by atoms with Crippen LogP contribution in [0.5, 0.6) is 0 Å². The van der Waals surface area contributed by atoms with Gasteiger partial charge in [0.1, 0.15) is 11.9 Å². The van der Waals surface area contributed by atoms with Gasteiger partial charge < -0.3 is 9.80 Å². The molecule has 0 unspecified atom stereocenters. The highest BCUT2D eigenvalue weighted by Crippen LogP contribution is 2.28. The lowest BCUT2D eigenvalue weighted by molar-refractivity contribution is -0.141. The topological polar surface area (TPSA) is 78.0 Å². The van der Waals surface area contributed by atoms with Crippen molar-refractivity contribution in [1.29, 1.82) is 0 Å². The van der Waals surface area contributed by atoms with Crippen molar-refractivity contribution in [3.63, 3.8) is 0 Å². The minimum absolute atomic E-state index is 0.0712. The zero-order chi connectivity index (χ0) is 23.6. The highest BCUT2D eigenvalue weighted by molar-refractivity contribution is 7.89. The third kappa shape index (κ3) is 5.09. The molecular formula is C24H28FN3O4S. The molecule has 2 heterocycles. The number of rotatable bonds is 5. The molecule has 2 aromatic carbocycles. The summed E-state index contributed by atoms with van der Waals surface area (Å²) in [4.78, 5) is 29.4. The lowest BCUT2D eigenvalue weighted by atomic mass is 10.1. The third-order valence-corrected chi connectivity index (χ3v) is 8.25. The zero-order valence-electron chi connectivity index (χ0n) is 18.6. The number of carbonyl (C=O) groups excluding carboxylic acids is 2. The molecule has 1 atom stereocenters. The number of hydrogen-bond acceptors (Lipinski definition) is 4. The molecule has 2 aliphatic heterocycles. The number of halogens is 1. The van der Waals surface area contributed by atoms with Gasteiger partial charge in [0.15, 0.2) is 0 Å². The number of carbonyl (C=O) groups is 2. The summed E-state index contributed by atoms with van der Waals surface area (Å²) in [7, 11) is -3.76. The van der Waals surface area contributed by atoms with Crippen LogP contribution in [0.1, 0.15) is 24.0 Å². The molecular weight excluding hydrogens is 445 g/mol. The molecule has 2 saturated heterocycles. The molecule has 0 radical (unpaired) electrons. The average Bonchev–Trinajstić information content (AvgIpc) is 3.31. The minimum atomic E-state index is -3.76. The van der Waals surface area contributed by atoms with Gasteiger partial charge in [0.25, 0.3) is 0 Å². The van der Waals surface area contributed by atoms with Gasteiger partial charge in [0, 0.05) is 32.7 Å². The van der Waals surface area contributed by atoms with Gasteiger partial charge in [0.05, 0.1) is 11.3 Å². The van der Waals surface area contributed by atoms with E-state index < -0.39 is 16.1 Å². The summed E-state index contributed by atoms with van der Waals surface area (Å²) >= 11 is 0. The van der Waals surface area contributed by atoms with Gasteiger partial charge in [-0.25, -0.2) is 12.8 Å². The fourth-order valence-corrected chi connectivity index (χ4v) is 6.05. The van der Waals surface area contributed by atoms with E-state index in [1.165, 1.54) is 16.4 Å². The number of piperazine rings is 1. The van der Waals surface area contributed by atoms with E-state index in [1.54, 1.807) is 46.2 Å². The van der Waals surface area contributed by atoms with Crippen LogP contribution in [0.4, 0.5) is 4.39 Å².